The Morgan fingerprint density at radius 2 is 2.14 bits per heavy atom. The van der Waals surface area contributed by atoms with Gasteiger partial charge in [0.05, 0.1) is 6.04 Å². The molecule has 0 spiro atoms. The van der Waals surface area contributed by atoms with E-state index >= 15 is 0 Å². The molecule has 2 aromatic heterocycles. The molecule has 4 rings (SSSR count). The van der Waals surface area contributed by atoms with Crippen molar-refractivity contribution in [2.24, 2.45) is 0 Å². The first kappa shape index (κ1) is 13.2. The van der Waals surface area contributed by atoms with Crippen LogP contribution in [-0.4, -0.2) is 19.6 Å². The molecule has 0 saturated heterocycles. The van der Waals surface area contributed by atoms with Gasteiger partial charge in [0, 0.05) is 6.07 Å². The van der Waals surface area contributed by atoms with Gasteiger partial charge in [-0.2, -0.15) is 0 Å². The summed E-state index contributed by atoms with van der Waals surface area (Å²) in [6.07, 6.45) is 5.21. The topological polar surface area (TPSA) is 55.1 Å². The maximum Gasteiger partial charge on any atom is 0.165 e. The Morgan fingerprint density at radius 3 is 3.05 bits per heavy atom. The van der Waals surface area contributed by atoms with Crippen LogP contribution in [0.4, 0.5) is 5.82 Å². The van der Waals surface area contributed by atoms with Gasteiger partial charge in [0.15, 0.2) is 5.65 Å². The molecule has 0 amide bonds. The third kappa shape index (κ3) is 2.22. The van der Waals surface area contributed by atoms with Crippen molar-refractivity contribution in [3.05, 3.63) is 53.1 Å². The molecule has 1 aromatic carbocycles. The highest BCUT2D eigenvalue weighted by atomic mass is 15.2. The standard InChI is InChI=1S/C17H19N5/c1-11-6-7-13-4-3-5-15(14(13)8-11)20-16-9-17-21-18-10-22(17)12(2)19-16/h6-10,15,20H,3-5H2,1-2H3/t15-/m1/s1. The van der Waals surface area contributed by atoms with E-state index in [0.717, 1.165) is 23.7 Å². The van der Waals surface area contributed by atoms with Gasteiger partial charge in [-0.15, -0.1) is 10.2 Å². The van der Waals surface area contributed by atoms with Gasteiger partial charge in [-0.1, -0.05) is 23.8 Å². The molecule has 0 radical (unpaired) electrons. The van der Waals surface area contributed by atoms with E-state index in [1.807, 2.05) is 17.4 Å². The number of fused-ring (bicyclic) bond motifs is 2. The molecule has 1 aliphatic rings. The van der Waals surface area contributed by atoms with Crippen molar-refractivity contribution in [3.8, 4) is 0 Å². The lowest BCUT2D eigenvalue weighted by Gasteiger charge is -2.27. The van der Waals surface area contributed by atoms with Crippen molar-refractivity contribution in [2.75, 3.05) is 5.32 Å². The Hall–Kier alpha value is -2.43. The molecule has 5 nitrogen and oxygen atoms in total. The molecule has 0 unspecified atom stereocenters. The Morgan fingerprint density at radius 1 is 1.23 bits per heavy atom. The molecule has 0 saturated carbocycles. The summed E-state index contributed by atoms with van der Waals surface area (Å²) < 4.78 is 1.89. The van der Waals surface area contributed by atoms with E-state index in [2.05, 4.69) is 45.6 Å². The minimum Gasteiger partial charge on any atom is -0.363 e. The highest BCUT2D eigenvalue weighted by Gasteiger charge is 2.20. The molecule has 112 valence electrons. The van der Waals surface area contributed by atoms with Gasteiger partial charge in [0.25, 0.3) is 0 Å². The van der Waals surface area contributed by atoms with E-state index in [0.29, 0.717) is 6.04 Å². The van der Waals surface area contributed by atoms with E-state index in [4.69, 9.17) is 0 Å². The maximum absolute atomic E-state index is 4.63. The second-order valence-corrected chi connectivity index (χ2v) is 6.04. The summed E-state index contributed by atoms with van der Waals surface area (Å²) in [5.41, 5.74) is 5.00. The Kier molecular flexibility index (Phi) is 3.06. The Balaban J connectivity index is 1.70. The van der Waals surface area contributed by atoms with Crippen LogP contribution in [0.2, 0.25) is 0 Å². The summed E-state index contributed by atoms with van der Waals surface area (Å²) in [4.78, 5) is 4.63. The van der Waals surface area contributed by atoms with Crippen molar-refractivity contribution in [1.29, 1.82) is 0 Å². The van der Waals surface area contributed by atoms with E-state index in [1.165, 1.54) is 29.5 Å². The first-order valence-corrected chi connectivity index (χ1v) is 7.74. The zero-order valence-corrected chi connectivity index (χ0v) is 12.9. The van der Waals surface area contributed by atoms with E-state index in [1.54, 1.807) is 6.33 Å². The van der Waals surface area contributed by atoms with E-state index in [9.17, 15) is 0 Å². The summed E-state index contributed by atoms with van der Waals surface area (Å²) in [7, 11) is 0. The predicted octanol–water partition coefficient (Wildman–Crippen LogP) is 3.23. The summed E-state index contributed by atoms with van der Waals surface area (Å²) in [6, 6.07) is 9.05. The van der Waals surface area contributed by atoms with Crippen molar-refractivity contribution in [1.82, 2.24) is 19.6 Å². The van der Waals surface area contributed by atoms with Crippen LogP contribution in [0.1, 0.15) is 41.4 Å². The number of aryl methyl sites for hydroxylation is 3. The summed E-state index contributed by atoms with van der Waals surface area (Å²) >= 11 is 0. The van der Waals surface area contributed by atoms with Gasteiger partial charge in [0.2, 0.25) is 0 Å². The minimum absolute atomic E-state index is 0.320. The van der Waals surface area contributed by atoms with Crippen molar-refractivity contribution >= 4 is 11.5 Å². The maximum atomic E-state index is 4.63. The van der Waals surface area contributed by atoms with Gasteiger partial charge < -0.3 is 5.32 Å². The molecular weight excluding hydrogens is 274 g/mol. The number of hydrogen-bond donors (Lipinski definition) is 1. The third-order valence-corrected chi connectivity index (χ3v) is 4.41. The largest absolute Gasteiger partial charge is 0.363 e. The number of aromatic nitrogens is 4. The lowest BCUT2D eigenvalue weighted by Crippen LogP contribution is -2.18. The molecule has 3 aromatic rings. The number of rotatable bonds is 2. The predicted molar refractivity (Wildman–Crippen MR) is 86.0 cm³/mol. The van der Waals surface area contributed by atoms with Crippen molar-refractivity contribution < 1.29 is 0 Å². The van der Waals surface area contributed by atoms with Crippen molar-refractivity contribution in [2.45, 2.75) is 39.2 Å². The second kappa shape index (κ2) is 5.09. The van der Waals surface area contributed by atoms with Crippen molar-refractivity contribution in [3.63, 3.8) is 0 Å². The first-order chi connectivity index (χ1) is 10.7. The molecule has 0 bridgehead atoms. The molecule has 1 atom stereocenters. The van der Waals surface area contributed by atoms with E-state index in [-0.39, 0.29) is 0 Å². The molecule has 0 fully saturated rings. The zero-order chi connectivity index (χ0) is 15.1. The smallest absolute Gasteiger partial charge is 0.165 e. The monoisotopic (exact) mass is 293 g/mol. The molecular formula is C17H19N5. The SMILES string of the molecule is Cc1ccc2c(c1)[C@H](Nc1cc3nncn3c(C)n1)CCC2. The second-order valence-electron chi connectivity index (χ2n) is 6.04. The fourth-order valence-electron chi connectivity index (χ4n) is 3.30. The lowest BCUT2D eigenvalue weighted by atomic mass is 9.86. The first-order valence-electron chi connectivity index (χ1n) is 7.74. The van der Waals surface area contributed by atoms with Gasteiger partial charge in [-0.25, -0.2) is 4.98 Å². The number of nitrogens with one attached hydrogen (secondary N) is 1. The van der Waals surface area contributed by atoms with Crippen LogP contribution in [0.15, 0.2) is 30.6 Å². The average Bonchev–Trinajstić information content (AvgIpc) is 2.97. The molecule has 22 heavy (non-hydrogen) atoms. The van der Waals surface area contributed by atoms with Crippen LogP contribution in [-0.2, 0) is 6.42 Å². The van der Waals surface area contributed by atoms with Crippen LogP contribution < -0.4 is 5.32 Å². The number of hydrogen-bond acceptors (Lipinski definition) is 4. The molecule has 1 N–H and O–H groups in total. The van der Waals surface area contributed by atoms with Crippen LogP contribution in [0.5, 0.6) is 0 Å². The van der Waals surface area contributed by atoms with Crippen LogP contribution in [0.25, 0.3) is 5.65 Å². The molecule has 1 aliphatic carbocycles. The highest BCUT2D eigenvalue weighted by Crippen LogP contribution is 2.32. The fourth-order valence-corrected chi connectivity index (χ4v) is 3.30. The van der Waals surface area contributed by atoms with Gasteiger partial charge in [0.1, 0.15) is 18.0 Å². The van der Waals surface area contributed by atoms with Gasteiger partial charge in [-0.3, -0.25) is 4.40 Å². The third-order valence-electron chi connectivity index (χ3n) is 4.41. The fraction of sp³-hybridized carbons (Fsp3) is 0.353. The molecule has 2 heterocycles. The lowest BCUT2D eigenvalue weighted by molar-refractivity contribution is 0.597. The summed E-state index contributed by atoms with van der Waals surface area (Å²) in [6.45, 7) is 4.12. The quantitative estimate of drug-likeness (QED) is 0.788. The van der Waals surface area contributed by atoms with Crippen LogP contribution >= 0.6 is 0 Å². The van der Waals surface area contributed by atoms with E-state index < -0.39 is 0 Å². The van der Waals surface area contributed by atoms with Gasteiger partial charge >= 0.3 is 0 Å². The molecule has 0 aliphatic heterocycles. The normalized spacial score (nSPS) is 17.5. The average molecular weight is 293 g/mol. The number of anilines is 1. The number of nitrogens with zero attached hydrogens (tertiary/aromatic N) is 4. The molecule has 5 heteroatoms. The zero-order valence-electron chi connectivity index (χ0n) is 12.9. The Bertz CT molecular complexity index is 836. The summed E-state index contributed by atoms with van der Waals surface area (Å²) in [5, 5.41) is 11.7. The highest BCUT2D eigenvalue weighted by molar-refractivity contribution is 5.51. The van der Waals surface area contributed by atoms with Crippen LogP contribution in [0, 0.1) is 13.8 Å². The van der Waals surface area contributed by atoms with Gasteiger partial charge in [-0.05, 0) is 44.2 Å². The van der Waals surface area contributed by atoms with Crippen LogP contribution in [0.3, 0.4) is 0 Å². The summed E-state index contributed by atoms with van der Waals surface area (Å²) in [5.74, 6) is 1.77. The minimum atomic E-state index is 0.320. The number of benzene rings is 1. The Labute approximate surface area is 129 Å².